The molecule has 0 spiro atoms. The molecule has 98 valence electrons. The summed E-state index contributed by atoms with van der Waals surface area (Å²) in [6.07, 6.45) is 0. The van der Waals surface area contributed by atoms with Crippen LogP contribution in [-0.4, -0.2) is 22.0 Å². The monoisotopic (exact) mass is 316 g/mol. The predicted molar refractivity (Wildman–Crippen MR) is 70.7 cm³/mol. The number of hydrogen-bond donors (Lipinski definition) is 2. The van der Waals surface area contributed by atoms with Crippen molar-refractivity contribution in [3.8, 4) is 0 Å². The van der Waals surface area contributed by atoms with E-state index >= 15 is 0 Å². The van der Waals surface area contributed by atoms with Crippen molar-refractivity contribution in [1.82, 2.24) is 0 Å². The number of nitro groups is 1. The van der Waals surface area contributed by atoms with Gasteiger partial charge in [0.2, 0.25) is 0 Å². The van der Waals surface area contributed by atoms with Crippen molar-refractivity contribution in [2.45, 2.75) is 19.9 Å². The number of hydrogen-bond acceptors (Lipinski definition) is 4. The van der Waals surface area contributed by atoms with Gasteiger partial charge in [-0.15, -0.1) is 0 Å². The Labute approximate surface area is 112 Å². The molecule has 1 atom stereocenters. The van der Waals surface area contributed by atoms with Gasteiger partial charge in [0.05, 0.1) is 4.92 Å². The first-order valence-electron chi connectivity index (χ1n) is 5.26. The number of anilines is 1. The third-order valence-electron chi connectivity index (χ3n) is 2.40. The van der Waals surface area contributed by atoms with Gasteiger partial charge in [0.1, 0.15) is 11.7 Å². The van der Waals surface area contributed by atoms with E-state index in [2.05, 4.69) is 21.2 Å². The zero-order valence-electron chi connectivity index (χ0n) is 9.88. The topological polar surface area (TPSA) is 92.5 Å². The highest BCUT2D eigenvalue weighted by Crippen LogP contribution is 2.29. The zero-order chi connectivity index (χ0) is 13.9. The van der Waals surface area contributed by atoms with Crippen LogP contribution in [0.25, 0.3) is 0 Å². The van der Waals surface area contributed by atoms with E-state index in [1.807, 2.05) is 0 Å². The van der Waals surface area contributed by atoms with Crippen LogP contribution >= 0.6 is 15.9 Å². The molecule has 0 saturated heterocycles. The van der Waals surface area contributed by atoms with Crippen LogP contribution in [0.15, 0.2) is 22.7 Å². The van der Waals surface area contributed by atoms with E-state index in [1.165, 1.54) is 12.1 Å². The molecule has 0 heterocycles. The molecule has 0 aliphatic carbocycles. The molecule has 0 radical (unpaired) electrons. The molecule has 0 saturated carbocycles. The molecule has 0 amide bonds. The number of carbonyl (C=O) groups is 1. The summed E-state index contributed by atoms with van der Waals surface area (Å²) in [5.74, 6) is -1.23. The summed E-state index contributed by atoms with van der Waals surface area (Å²) in [7, 11) is 0. The van der Waals surface area contributed by atoms with Crippen molar-refractivity contribution >= 4 is 33.3 Å². The molecule has 1 rings (SSSR count). The van der Waals surface area contributed by atoms with Crippen LogP contribution in [0.5, 0.6) is 0 Å². The number of aliphatic carboxylic acids is 1. The molecule has 0 aliphatic heterocycles. The Bertz CT molecular complexity index is 476. The lowest BCUT2D eigenvalue weighted by atomic mass is 10.0. The van der Waals surface area contributed by atoms with Gasteiger partial charge in [0, 0.05) is 10.5 Å². The van der Waals surface area contributed by atoms with Crippen molar-refractivity contribution in [1.29, 1.82) is 0 Å². The smallest absolute Gasteiger partial charge is 0.326 e. The number of rotatable bonds is 5. The minimum absolute atomic E-state index is 0.156. The highest BCUT2D eigenvalue weighted by molar-refractivity contribution is 9.10. The van der Waals surface area contributed by atoms with Crippen molar-refractivity contribution in [2.75, 3.05) is 5.32 Å². The summed E-state index contributed by atoms with van der Waals surface area (Å²) in [4.78, 5) is 21.4. The van der Waals surface area contributed by atoms with Gasteiger partial charge in [-0.3, -0.25) is 10.1 Å². The normalized spacial score (nSPS) is 12.2. The van der Waals surface area contributed by atoms with Crippen molar-refractivity contribution in [3.63, 3.8) is 0 Å². The molecule has 18 heavy (non-hydrogen) atoms. The SMILES string of the molecule is CC(C)[C@H](Nc1ccc(Br)cc1[N+](=O)[O-])C(=O)O. The van der Waals surface area contributed by atoms with E-state index in [4.69, 9.17) is 5.11 Å². The van der Waals surface area contributed by atoms with E-state index in [0.29, 0.717) is 4.47 Å². The van der Waals surface area contributed by atoms with Crippen molar-refractivity contribution in [3.05, 3.63) is 32.8 Å². The Kier molecular flexibility index (Phi) is 4.66. The highest BCUT2D eigenvalue weighted by Gasteiger charge is 2.24. The average molecular weight is 317 g/mol. The lowest BCUT2D eigenvalue weighted by Gasteiger charge is -2.19. The zero-order valence-corrected chi connectivity index (χ0v) is 11.5. The van der Waals surface area contributed by atoms with Gasteiger partial charge >= 0.3 is 5.97 Å². The number of carboxylic acids is 1. The number of nitrogens with one attached hydrogen (secondary N) is 1. The van der Waals surface area contributed by atoms with Crippen LogP contribution in [-0.2, 0) is 4.79 Å². The molecule has 0 aliphatic rings. The molecule has 0 aromatic heterocycles. The van der Waals surface area contributed by atoms with Gasteiger partial charge in [-0.2, -0.15) is 0 Å². The number of carboxylic acid groups (broad SMARTS) is 1. The van der Waals surface area contributed by atoms with Crippen LogP contribution in [0.2, 0.25) is 0 Å². The molecule has 1 aromatic carbocycles. The Morgan fingerprint density at radius 1 is 1.50 bits per heavy atom. The fourth-order valence-electron chi connectivity index (χ4n) is 1.46. The number of nitrogens with zero attached hydrogens (tertiary/aromatic N) is 1. The van der Waals surface area contributed by atoms with E-state index in [-0.39, 0.29) is 17.3 Å². The van der Waals surface area contributed by atoms with Crippen LogP contribution < -0.4 is 5.32 Å². The molecule has 6 nitrogen and oxygen atoms in total. The van der Waals surface area contributed by atoms with Crippen molar-refractivity contribution < 1.29 is 14.8 Å². The third-order valence-corrected chi connectivity index (χ3v) is 2.89. The minimum atomic E-state index is -1.04. The largest absolute Gasteiger partial charge is 0.480 e. The van der Waals surface area contributed by atoms with Crippen LogP contribution in [0.3, 0.4) is 0 Å². The standard InChI is InChI=1S/C11H13BrN2O4/c1-6(2)10(11(15)16)13-8-4-3-7(12)5-9(8)14(17)18/h3-6,10,13H,1-2H3,(H,15,16)/t10-/m0/s1. The number of nitro benzene ring substituents is 1. The second-order valence-electron chi connectivity index (χ2n) is 4.12. The van der Waals surface area contributed by atoms with E-state index in [1.54, 1.807) is 19.9 Å². The molecule has 0 bridgehead atoms. The maximum absolute atomic E-state index is 11.1. The van der Waals surface area contributed by atoms with E-state index in [9.17, 15) is 14.9 Å². The fraction of sp³-hybridized carbons (Fsp3) is 0.364. The number of benzene rings is 1. The lowest BCUT2D eigenvalue weighted by Crippen LogP contribution is -2.34. The van der Waals surface area contributed by atoms with Gasteiger partial charge in [0.15, 0.2) is 0 Å². The first-order valence-corrected chi connectivity index (χ1v) is 6.05. The Hall–Kier alpha value is -1.63. The molecular weight excluding hydrogens is 304 g/mol. The molecule has 1 aromatic rings. The molecule has 7 heteroatoms. The summed E-state index contributed by atoms with van der Waals surface area (Å²) in [6.45, 7) is 3.47. The first kappa shape index (κ1) is 14.4. The van der Waals surface area contributed by atoms with E-state index in [0.717, 1.165) is 0 Å². The summed E-state index contributed by atoms with van der Waals surface area (Å²) in [5.41, 5.74) is 0.0422. The first-order chi connectivity index (χ1) is 8.32. The maximum Gasteiger partial charge on any atom is 0.326 e. The van der Waals surface area contributed by atoms with Crippen LogP contribution in [0, 0.1) is 16.0 Å². The van der Waals surface area contributed by atoms with Gasteiger partial charge in [-0.05, 0) is 18.1 Å². The van der Waals surface area contributed by atoms with Crippen LogP contribution in [0.4, 0.5) is 11.4 Å². The summed E-state index contributed by atoms with van der Waals surface area (Å²) in [5, 5.41) is 22.6. The van der Waals surface area contributed by atoms with Gasteiger partial charge < -0.3 is 10.4 Å². The highest BCUT2D eigenvalue weighted by atomic mass is 79.9. The second-order valence-corrected chi connectivity index (χ2v) is 5.04. The average Bonchev–Trinajstić information content (AvgIpc) is 2.25. The summed E-state index contributed by atoms with van der Waals surface area (Å²) < 4.78 is 0.566. The number of halogens is 1. The summed E-state index contributed by atoms with van der Waals surface area (Å²) >= 11 is 3.14. The molecule has 0 unspecified atom stereocenters. The van der Waals surface area contributed by atoms with Crippen LogP contribution in [0.1, 0.15) is 13.8 Å². The van der Waals surface area contributed by atoms with Crippen molar-refractivity contribution in [2.24, 2.45) is 5.92 Å². The fourth-order valence-corrected chi connectivity index (χ4v) is 1.81. The molecular formula is C11H13BrN2O4. The van der Waals surface area contributed by atoms with Gasteiger partial charge in [-0.25, -0.2) is 4.79 Å². The third kappa shape index (κ3) is 3.43. The molecule has 0 fully saturated rings. The van der Waals surface area contributed by atoms with E-state index < -0.39 is 16.9 Å². The molecule has 2 N–H and O–H groups in total. The second kappa shape index (κ2) is 5.81. The lowest BCUT2D eigenvalue weighted by molar-refractivity contribution is -0.384. The maximum atomic E-state index is 11.1. The quantitative estimate of drug-likeness (QED) is 0.643. The Balaban J connectivity index is 3.10. The van der Waals surface area contributed by atoms with Gasteiger partial charge in [0.25, 0.3) is 5.69 Å². The Morgan fingerprint density at radius 2 is 2.11 bits per heavy atom. The Morgan fingerprint density at radius 3 is 2.56 bits per heavy atom. The summed E-state index contributed by atoms with van der Waals surface area (Å²) in [6, 6.07) is 3.57. The van der Waals surface area contributed by atoms with Gasteiger partial charge in [-0.1, -0.05) is 29.8 Å². The predicted octanol–water partition coefficient (Wildman–Crippen LogP) is 2.88. The minimum Gasteiger partial charge on any atom is -0.480 e.